The second-order valence-corrected chi connectivity index (χ2v) is 10.1. The number of benzene rings is 3. The second kappa shape index (κ2) is 10.5. The van der Waals surface area contributed by atoms with Crippen molar-refractivity contribution >= 4 is 15.9 Å². The Labute approximate surface area is 204 Å². The highest BCUT2D eigenvalue weighted by Crippen LogP contribution is 2.36. The van der Waals surface area contributed by atoms with Crippen molar-refractivity contribution in [3.8, 4) is 11.5 Å². The quantitative estimate of drug-likeness (QED) is 0.510. The number of methoxy groups -OCH3 is 2. The van der Waals surface area contributed by atoms with Gasteiger partial charge in [-0.05, 0) is 60.0 Å². The van der Waals surface area contributed by atoms with Gasteiger partial charge in [0.25, 0.3) is 0 Å². The molecule has 0 bridgehead atoms. The molecule has 0 fully saturated rings. The Balaban J connectivity index is 1.58. The van der Waals surface area contributed by atoms with Crippen LogP contribution in [0, 0.1) is 5.82 Å². The summed E-state index contributed by atoms with van der Waals surface area (Å²) >= 11 is 0. The first-order valence-electron chi connectivity index (χ1n) is 11.2. The zero-order valence-electron chi connectivity index (χ0n) is 19.5. The molecule has 0 saturated carbocycles. The lowest BCUT2D eigenvalue weighted by molar-refractivity contribution is -0.122. The van der Waals surface area contributed by atoms with Gasteiger partial charge in [0.1, 0.15) is 17.3 Å². The first-order chi connectivity index (χ1) is 16.8. The third-order valence-corrected chi connectivity index (χ3v) is 8.05. The summed E-state index contributed by atoms with van der Waals surface area (Å²) in [6, 6.07) is 16.9. The Morgan fingerprint density at radius 1 is 1.06 bits per heavy atom. The van der Waals surface area contributed by atoms with E-state index in [0.717, 1.165) is 28.8 Å². The maximum Gasteiger partial charge on any atom is 0.243 e. The van der Waals surface area contributed by atoms with Crippen LogP contribution in [-0.2, 0) is 27.8 Å². The molecule has 9 heteroatoms. The van der Waals surface area contributed by atoms with Crippen molar-refractivity contribution in [2.75, 3.05) is 20.8 Å². The molecule has 3 aromatic rings. The van der Waals surface area contributed by atoms with Gasteiger partial charge in [-0.2, -0.15) is 4.31 Å². The van der Waals surface area contributed by atoms with E-state index in [1.54, 1.807) is 32.4 Å². The van der Waals surface area contributed by atoms with Crippen LogP contribution in [0.5, 0.6) is 11.5 Å². The minimum absolute atomic E-state index is 0.00944. The van der Waals surface area contributed by atoms with E-state index in [2.05, 4.69) is 5.32 Å². The fraction of sp³-hybridized carbons (Fsp3) is 0.269. The molecule has 0 radical (unpaired) electrons. The largest absolute Gasteiger partial charge is 0.497 e. The van der Waals surface area contributed by atoms with Gasteiger partial charge in [-0.15, -0.1) is 0 Å². The standard InChI is InChI=1S/C26H27FN2O5S/c1-33-21-9-12-25(34-2)19(15-21)17-28-26(30)16-24-23-6-4-3-5-18(23)13-14-29(24)35(31,32)22-10-7-20(27)8-11-22/h3-12,15,24H,13-14,16-17H2,1-2H3,(H,28,30)/t24-/m0/s1. The molecule has 1 atom stereocenters. The maximum absolute atomic E-state index is 13.5. The fourth-order valence-corrected chi connectivity index (χ4v) is 5.94. The molecule has 1 aliphatic rings. The van der Waals surface area contributed by atoms with Crippen molar-refractivity contribution < 1.29 is 27.1 Å². The summed E-state index contributed by atoms with van der Waals surface area (Å²) < 4.78 is 52.3. The average molecular weight is 499 g/mol. The van der Waals surface area contributed by atoms with Gasteiger partial charge >= 0.3 is 0 Å². The first kappa shape index (κ1) is 24.7. The summed E-state index contributed by atoms with van der Waals surface area (Å²) in [4.78, 5) is 13.0. The number of nitrogens with zero attached hydrogens (tertiary/aromatic N) is 1. The van der Waals surface area contributed by atoms with Crippen molar-refractivity contribution in [1.29, 1.82) is 0 Å². The summed E-state index contributed by atoms with van der Waals surface area (Å²) in [6.07, 6.45) is 0.458. The van der Waals surface area contributed by atoms with Gasteiger partial charge in [-0.25, -0.2) is 12.8 Å². The molecular formula is C26H27FN2O5S. The molecule has 0 aliphatic carbocycles. The van der Waals surface area contributed by atoms with Crippen molar-refractivity contribution in [2.45, 2.75) is 30.3 Å². The van der Waals surface area contributed by atoms with E-state index in [0.29, 0.717) is 17.9 Å². The number of fused-ring (bicyclic) bond motifs is 1. The lowest BCUT2D eigenvalue weighted by atomic mass is 9.92. The number of carbonyl (C=O) groups is 1. The SMILES string of the molecule is COc1ccc(OC)c(CNC(=O)C[C@H]2c3ccccc3CCN2S(=O)(=O)c2ccc(F)cc2)c1. The zero-order chi connectivity index (χ0) is 25.0. The molecule has 7 nitrogen and oxygen atoms in total. The number of rotatable bonds is 8. The summed E-state index contributed by atoms with van der Waals surface area (Å²) in [5.74, 6) is 0.412. The molecule has 0 aromatic heterocycles. The Morgan fingerprint density at radius 2 is 1.80 bits per heavy atom. The number of sulfonamides is 1. The minimum atomic E-state index is -3.95. The molecular weight excluding hydrogens is 471 g/mol. The molecule has 1 amide bonds. The molecule has 0 unspecified atom stereocenters. The van der Waals surface area contributed by atoms with Gasteiger partial charge in [0.05, 0.1) is 25.2 Å². The topological polar surface area (TPSA) is 84.9 Å². The first-order valence-corrected chi connectivity index (χ1v) is 12.6. The van der Waals surface area contributed by atoms with Crippen LogP contribution in [0.2, 0.25) is 0 Å². The Hall–Kier alpha value is -3.43. The third kappa shape index (κ3) is 5.31. The Kier molecular flexibility index (Phi) is 7.37. The van der Waals surface area contributed by atoms with E-state index in [-0.39, 0.29) is 30.3 Å². The van der Waals surface area contributed by atoms with Crippen molar-refractivity contribution in [3.05, 3.63) is 89.2 Å². The summed E-state index contributed by atoms with van der Waals surface area (Å²) in [7, 11) is -0.851. The summed E-state index contributed by atoms with van der Waals surface area (Å²) in [5, 5.41) is 2.88. The van der Waals surface area contributed by atoms with Crippen LogP contribution in [0.25, 0.3) is 0 Å². The summed E-state index contributed by atoms with van der Waals surface area (Å²) in [5.41, 5.74) is 2.53. The monoisotopic (exact) mass is 498 g/mol. The van der Waals surface area contributed by atoms with Crippen molar-refractivity contribution in [3.63, 3.8) is 0 Å². The van der Waals surface area contributed by atoms with Crippen LogP contribution >= 0.6 is 0 Å². The molecule has 0 saturated heterocycles. The number of carbonyl (C=O) groups excluding carboxylic acids is 1. The Bertz CT molecular complexity index is 1310. The number of hydrogen-bond donors (Lipinski definition) is 1. The summed E-state index contributed by atoms with van der Waals surface area (Å²) in [6.45, 7) is 0.413. The zero-order valence-corrected chi connectivity index (χ0v) is 20.3. The molecule has 0 spiro atoms. The van der Waals surface area contributed by atoms with E-state index < -0.39 is 21.9 Å². The van der Waals surface area contributed by atoms with Crippen LogP contribution in [-0.4, -0.2) is 39.4 Å². The fourth-order valence-electron chi connectivity index (χ4n) is 4.33. The van der Waals surface area contributed by atoms with Crippen molar-refractivity contribution in [1.82, 2.24) is 9.62 Å². The molecule has 1 N–H and O–H groups in total. The Morgan fingerprint density at radius 3 is 2.51 bits per heavy atom. The minimum Gasteiger partial charge on any atom is -0.497 e. The van der Waals surface area contributed by atoms with Crippen LogP contribution in [0.1, 0.15) is 29.2 Å². The number of halogens is 1. The normalized spacial score (nSPS) is 15.8. The predicted octanol–water partition coefficient (Wildman–Crippen LogP) is 3.84. The highest BCUT2D eigenvalue weighted by molar-refractivity contribution is 7.89. The van der Waals surface area contributed by atoms with Gasteiger partial charge in [0.2, 0.25) is 15.9 Å². The smallest absolute Gasteiger partial charge is 0.243 e. The van der Waals surface area contributed by atoms with Crippen molar-refractivity contribution in [2.24, 2.45) is 0 Å². The van der Waals surface area contributed by atoms with Gasteiger partial charge in [-0.1, -0.05) is 24.3 Å². The van der Waals surface area contributed by atoms with Gasteiger partial charge in [0.15, 0.2) is 0 Å². The molecule has 35 heavy (non-hydrogen) atoms. The van der Waals surface area contributed by atoms with Crippen LogP contribution in [0.3, 0.4) is 0 Å². The van der Waals surface area contributed by atoms with Crippen LogP contribution in [0.4, 0.5) is 4.39 Å². The number of amides is 1. The molecule has 4 rings (SSSR count). The molecule has 3 aromatic carbocycles. The van der Waals surface area contributed by atoms with E-state index in [1.807, 2.05) is 24.3 Å². The molecule has 1 heterocycles. The van der Waals surface area contributed by atoms with Gasteiger partial charge in [-0.3, -0.25) is 4.79 Å². The number of hydrogen-bond acceptors (Lipinski definition) is 5. The van der Waals surface area contributed by atoms with E-state index >= 15 is 0 Å². The third-order valence-electron chi connectivity index (χ3n) is 6.13. The second-order valence-electron chi connectivity index (χ2n) is 8.19. The van der Waals surface area contributed by atoms with E-state index in [1.165, 1.54) is 16.4 Å². The lowest BCUT2D eigenvalue weighted by Gasteiger charge is -2.36. The van der Waals surface area contributed by atoms with Crippen LogP contribution < -0.4 is 14.8 Å². The maximum atomic E-state index is 13.5. The van der Waals surface area contributed by atoms with Crippen LogP contribution in [0.15, 0.2) is 71.6 Å². The lowest BCUT2D eigenvalue weighted by Crippen LogP contribution is -2.42. The molecule has 1 aliphatic heterocycles. The van der Waals surface area contributed by atoms with E-state index in [4.69, 9.17) is 9.47 Å². The van der Waals surface area contributed by atoms with Gasteiger partial charge in [0, 0.05) is 25.1 Å². The predicted molar refractivity (Wildman–Crippen MR) is 129 cm³/mol. The number of ether oxygens (including phenoxy) is 2. The highest BCUT2D eigenvalue weighted by atomic mass is 32.2. The van der Waals surface area contributed by atoms with Gasteiger partial charge < -0.3 is 14.8 Å². The highest BCUT2D eigenvalue weighted by Gasteiger charge is 2.37. The average Bonchev–Trinajstić information content (AvgIpc) is 2.87. The van der Waals surface area contributed by atoms with E-state index in [9.17, 15) is 17.6 Å². The number of nitrogens with one attached hydrogen (secondary N) is 1. The molecule has 184 valence electrons.